The van der Waals surface area contributed by atoms with Gasteiger partial charge in [-0.2, -0.15) is 11.8 Å². The number of hydrogen-bond acceptors (Lipinski definition) is 3. The van der Waals surface area contributed by atoms with Crippen LogP contribution in [0, 0.1) is 0 Å². The molecule has 1 aliphatic heterocycles. The minimum absolute atomic E-state index is 0.271. The maximum absolute atomic E-state index is 12.1. The molecule has 19 heavy (non-hydrogen) atoms. The van der Waals surface area contributed by atoms with Gasteiger partial charge in [-0.25, -0.2) is 12.7 Å². The fourth-order valence-electron chi connectivity index (χ4n) is 2.35. The molecule has 1 aromatic carbocycles. The number of thioether (sulfide) groups is 1. The van der Waals surface area contributed by atoms with Crippen LogP contribution >= 0.6 is 11.8 Å². The molecule has 0 aliphatic carbocycles. The van der Waals surface area contributed by atoms with Gasteiger partial charge in [-0.05, 0) is 18.4 Å². The van der Waals surface area contributed by atoms with Crippen LogP contribution in [0.25, 0.3) is 0 Å². The van der Waals surface area contributed by atoms with Crippen molar-refractivity contribution in [2.45, 2.75) is 25.0 Å². The third-order valence-electron chi connectivity index (χ3n) is 3.33. The molecule has 1 heterocycles. The van der Waals surface area contributed by atoms with Crippen LogP contribution < -0.4 is 0 Å². The van der Waals surface area contributed by atoms with Crippen LogP contribution in [-0.2, 0) is 10.0 Å². The average molecular weight is 299 g/mol. The largest absolute Gasteiger partial charge is 0.214 e. The monoisotopic (exact) mass is 299 g/mol. The van der Waals surface area contributed by atoms with Gasteiger partial charge in [0.25, 0.3) is 0 Å². The van der Waals surface area contributed by atoms with E-state index in [1.165, 1.54) is 5.56 Å². The molecule has 0 aromatic heterocycles. The number of sulfonamides is 1. The van der Waals surface area contributed by atoms with E-state index in [0.717, 1.165) is 12.2 Å². The lowest BCUT2D eigenvalue weighted by Crippen LogP contribution is -2.34. The van der Waals surface area contributed by atoms with Gasteiger partial charge in [0, 0.05) is 24.1 Å². The molecule has 1 atom stereocenters. The lowest BCUT2D eigenvalue weighted by molar-refractivity contribution is 0.427. The standard InChI is InChI=1S/C14H21NO2S2/c1-2-12-19(16,17)15-9-8-14(18-11-10-15)13-6-4-3-5-7-13/h3-7,14H,2,8-12H2,1H3/t14-/m0/s1. The zero-order valence-electron chi connectivity index (χ0n) is 11.3. The zero-order chi connectivity index (χ0) is 13.7. The summed E-state index contributed by atoms with van der Waals surface area (Å²) in [4.78, 5) is 0. The van der Waals surface area contributed by atoms with Crippen molar-refractivity contribution in [3.63, 3.8) is 0 Å². The molecule has 3 nitrogen and oxygen atoms in total. The van der Waals surface area contributed by atoms with Crippen LogP contribution in [0.4, 0.5) is 0 Å². The van der Waals surface area contributed by atoms with Gasteiger partial charge in [0.1, 0.15) is 0 Å². The van der Waals surface area contributed by atoms with Crippen molar-refractivity contribution in [3.8, 4) is 0 Å². The van der Waals surface area contributed by atoms with Gasteiger partial charge in [-0.1, -0.05) is 37.3 Å². The first-order chi connectivity index (χ1) is 9.13. The Kier molecular flexibility index (Phi) is 5.30. The lowest BCUT2D eigenvalue weighted by atomic mass is 10.1. The summed E-state index contributed by atoms with van der Waals surface area (Å²) in [6.45, 7) is 3.21. The second kappa shape index (κ2) is 6.77. The summed E-state index contributed by atoms with van der Waals surface area (Å²) >= 11 is 1.87. The molecule has 2 rings (SSSR count). The molecule has 0 radical (unpaired) electrons. The molecule has 0 unspecified atom stereocenters. The molecule has 0 bridgehead atoms. The molecule has 5 heteroatoms. The highest BCUT2D eigenvalue weighted by atomic mass is 32.2. The highest BCUT2D eigenvalue weighted by molar-refractivity contribution is 7.99. The van der Waals surface area contributed by atoms with E-state index in [-0.39, 0.29) is 5.75 Å². The van der Waals surface area contributed by atoms with Crippen LogP contribution in [-0.4, -0.2) is 37.3 Å². The molecule has 1 aromatic rings. The van der Waals surface area contributed by atoms with Crippen molar-refractivity contribution >= 4 is 21.8 Å². The zero-order valence-corrected chi connectivity index (χ0v) is 12.9. The van der Waals surface area contributed by atoms with Crippen LogP contribution in [0.5, 0.6) is 0 Å². The van der Waals surface area contributed by atoms with Crippen molar-refractivity contribution in [3.05, 3.63) is 35.9 Å². The fourth-order valence-corrected chi connectivity index (χ4v) is 5.22. The van der Waals surface area contributed by atoms with E-state index in [9.17, 15) is 8.42 Å². The van der Waals surface area contributed by atoms with E-state index in [0.29, 0.717) is 24.8 Å². The topological polar surface area (TPSA) is 37.4 Å². The quantitative estimate of drug-likeness (QED) is 0.858. The molecule has 1 saturated heterocycles. The Hall–Kier alpha value is -0.520. The van der Waals surface area contributed by atoms with E-state index < -0.39 is 10.0 Å². The molecular formula is C14H21NO2S2. The summed E-state index contributed by atoms with van der Waals surface area (Å²) in [7, 11) is -3.04. The summed E-state index contributed by atoms with van der Waals surface area (Å²) in [6.07, 6.45) is 1.59. The third-order valence-corrected chi connectivity index (χ3v) is 6.73. The van der Waals surface area contributed by atoms with E-state index >= 15 is 0 Å². The number of nitrogens with zero attached hydrogens (tertiary/aromatic N) is 1. The molecule has 0 spiro atoms. The SMILES string of the molecule is CCCS(=O)(=O)N1CCS[C@H](c2ccccc2)CC1. The second-order valence-electron chi connectivity index (χ2n) is 4.77. The minimum atomic E-state index is -3.04. The summed E-state index contributed by atoms with van der Waals surface area (Å²) in [5.74, 6) is 1.15. The third kappa shape index (κ3) is 3.97. The van der Waals surface area contributed by atoms with Crippen molar-refractivity contribution in [2.24, 2.45) is 0 Å². The maximum Gasteiger partial charge on any atom is 0.214 e. The average Bonchev–Trinajstić information content (AvgIpc) is 2.66. The normalized spacial score (nSPS) is 22.1. The molecular weight excluding hydrogens is 278 g/mol. The van der Waals surface area contributed by atoms with E-state index in [1.807, 2.05) is 36.9 Å². The first kappa shape index (κ1) is 14.9. The van der Waals surface area contributed by atoms with Gasteiger partial charge in [0.05, 0.1) is 5.75 Å². The summed E-state index contributed by atoms with van der Waals surface area (Å²) in [5, 5.41) is 0.419. The predicted octanol–water partition coefficient (Wildman–Crippen LogP) is 2.91. The van der Waals surface area contributed by atoms with Gasteiger partial charge in [0.2, 0.25) is 10.0 Å². The number of hydrogen-bond donors (Lipinski definition) is 0. The highest BCUT2D eigenvalue weighted by Crippen LogP contribution is 2.34. The molecule has 1 aliphatic rings. The maximum atomic E-state index is 12.1. The van der Waals surface area contributed by atoms with E-state index in [2.05, 4.69) is 12.1 Å². The molecule has 0 N–H and O–H groups in total. The van der Waals surface area contributed by atoms with Crippen molar-refractivity contribution in [1.82, 2.24) is 4.31 Å². The van der Waals surface area contributed by atoms with Gasteiger partial charge in [0.15, 0.2) is 0 Å². The van der Waals surface area contributed by atoms with E-state index in [4.69, 9.17) is 0 Å². The molecule has 1 fully saturated rings. The first-order valence-corrected chi connectivity index (χ1v) is 9.43. The first-order valence-electron chi connectivity index (χ1n) is 6.78. The Morgan fingerprint density at radius 2 is 2.00 bits per heavy atom. The Balaban J connectivity index is 2.03. The Morgan fingerprint density at radius 3 is 2.68 bits per heavy atom. The second-order valence-corrected chi connectivity index (χ2v) is 8.17. The summed E-state index contributed by atoms with van der Waals surface area (Å²) in [6, 6.07) is 10.4. The van der Waals surface area contributed by atoms with Gasteiger partial charge < -0.3 is 0 Å². The molecule has 0 saturated carbocycles. The predicted molar refractivity (Wildman–Crippen MR) is 81.9 cm³/mol. The Labute approximate surface area is 120 Å². The van der Waals surface area contributed by atoms with Gasteiger partial charge >= 0.3 is 0 Å². The molecule has 106 valence electrons. The van der Waals surface area contributed by atoms with Crippen molar-refractivity contribution in [2.75, 3.05) is 24.6 Å². The van der Waals surface area contributed by atoms with Crippen LogP contribution in [0.3, 0.4) is 0 Å². The van der Waals surface area contributed by atoms with Crippen LogP contribution in [0.2, 0.25) is 0 Å². The molecule has 0 amide bonds. The summed E-state index contributed by atoms with van der Waals surface area (Å²) in [5.41, 5.74) is 1.31. The fraction of sp³-hybridized carbons (Fsp3) is 0.571. The Bertz CT molecular complexity index is 487. The van der Waals surface area contributed by atoms with Gasteiger partial charge in [-0.15, -0.1) is 0 Å². The number of benzene rings is 1. The number of rotatable bonds is 4. The smallest absolute Gasteiger partial charge is 0.212 e. The highest BCUT2D eigenvalue weighted by Gasteiger charge is 2.25. The minimum Gasteiger partial charge on any atom is -0.212 e. The Morgan fingerprint density at radius 1 is 1.26 bits per heavy atom. The van der Waals surface area contributed by atoms with E-state index in [1.54, 1.807) is 4.31 Å². The van der Waals surface area contributed by atoms with Crippen LogP contribution in [0.15, 0.2) is 30.3 Å². The lowest BCUT2D eigenvalue weighted by Gasteiger charge is -2.19. The van der Waals surface area contributed by atoms with Crippen LogP contribution in [0.1, 0.15) is 30.6 Å². The van der Waals surface area contributed by atoms with Crippen molar-refractivity contribution < 1.29 is 8.42 Å². The van der Waals surface area contributed by atoms with Gasteiger partial charge in [-0.3, -0.25) is 0 Å². The summed E-state index contributed by atoms with van der Waals surface area (Å²) < 4.78 is 25.9. The van der Waals surface area contributed by atoms with Crippen molar-refractivity contribution in [1.29, 1.82) is 0 Å².